The number of ether oxygens (including phenoxy) is 2. The van der Waals surface area contributed by atoms with Crippen LogP contribution in [0.1, 0.15) is 37.9 Å². The highest BCUT2D eigenvalue weighted by Crippen LogP contribution is 2.38. The molecule has 1 aliphatic carbocycles. The van der Waals surface area contributed by atoms with Crippen molar-refractivity contribution >= 4 is 29.7 Å². The Morgan fingerprint density at radius 1 is 1.31 bits per heavy atom. The Bertz CT molecular complexity index is 1020. The minimum atomic E-state index is -1.39. The van der Waals surface area contributed by atoms with Gasteiger partial charge in [0.1, 0.15) is 36.7 Å². The van der Waals surface area contributed by atoms with Crippen LogP contribution in [0.15, 0.2) is 24.3 Å². The minimum Gasteiger partial charge on any atom is -0.486 e. The molecule has 0 bridgehead atoms. The number of hydrogen-bond acceptors (Lipinski definition) is 8. The van der Waals surface area contributed by atoms with Crippen molar-refractivity contribution in [2.24, 2.45) is 0 Å². The summed E-state index contributed by atoms with van der Waals surface area (Å²) in [4.78, 5) is 11.8. The number of rotatable bonds is 7. The van der Waals surface area contributed by atoms with Crippen LogP contribution < -0.4 is 10.1 Å². The number of nitrogens with zero attached hydrogens (tertiary/aromatic N) is 3. The Labute approximate surface area is 194 Å². The number of nitrogens with one attached hydrogen (secondary N) is 1. The lowest BCUT2D eigenvalue weighted by Crippen LogP contribution is -2.62. The van der Waals surface area contributed by atoms with Crippen molar-refractivity contribution in [3.63, 3.8) is 0 Å². The predicted molar refractivity (Wildman–Crippen MR) is 116 cm³/mol. The van der Waals surface area contributed by atoms with Crippen molar-refractivity contribution in [2.75, 3.05) is 6.61 Å². The molecule has 174 valence electrons. The molecule has 1 aromatic heterocycles. The van der Waals surface area contributed by atoms with Crippen LogP contribution in [-0.4, -0.2) is 66.5 Å². The highest BCUT2D eigenvalue weighted by Gasteiger charge is 2.47. The average molecular weight is 485 g/mol. The number of aliphatic hydroxyl groups is 3. The largest absolute Gasteiger partial charge is 0.486 e. The van der Waals surface area contributed by atoms with Crippen molar-refractivity contribution in [1.29, 1.82) is 0 Å². The van der Waals surface area contributed by atoms with E-state index in [0.29, 0.717) is 21.4 Å². The lowest BCUT2D eigenvalue weighted by atomic mass is 9.96. The molecule has 1 aromatic carbocycles. The molecule has 1 saturated heterocycles. The van der Waals surface area contributed by atoms with Gasteiger partial charge in [-0.15, -0.1) is 0 Å². The zero-order valence-electron chi connectivity index (χ0n) is 17.3. The molecule has 4 rings (SSSR count). The van der Waals surface area contributed by atoms with Crippen LogP contribution in [0.3, 0.4) is 0 Å². The van der Waals surface area contributed by atoms with Crippen LogP contribution in [-0.2, 0) is 16.1 Å². The second-order valence-corrected chi connectivity index (χ2v) is 8.74. The molecule has 0 unspecified atom stereocenters. The Morgan fingerprint density at radius 2 is 2.00 bits per heavy atom. The fraction of sp³-hybridized carbons (Fsp3) is 0.550. The van der Waals surface area contributed by atoms with Gasteiger partial charge in [-0.25, -0.2) is 4.68 Å². The van der Waals surface area contributed by atoms with Gasteiger partial charge < -0.3 is 30.1 Å². The van der Waals surface area contributed by atoms with Gasteiger partial charge in [0.05, 0.1) is 6.61 Å². The number of carbonyl (C=O) groups excluding carboxylic acids is 1. The van der Waals surface area contributed by atoms with Crippen LogP contribution in [0.2, 0.25) is 5.02 Å². The van der Waals surface area contributed by atoms with Gasteiger partial charge in [0, 0.05) is 18.0 Å². The molecule has 5 atom stereocenters. The van der Waals surface area contributed by atoms with Crippen molar-refractivity contribution < 1.29 is 29.6 Å². The summed E-state index contributed by atoms with van der Waals surface area (Å²) >= 11 is 11.6. The molecule has 2 fully saturated rings. The molecule has 2 heterocycles. The molecule has 0 radical (unpaired) electrons. The van der Waals surface area contributed by atoms with Crippen molar-refractivity contribution in [3.05, 3.63) is 39.9 Å². The van der Waals surface area contributed by atoms with Crippen LogP contribution in [0.25, 0.3) is 0 Å². The quantitative estimate of drug-likeness (QED) is 0.430. The Balaban J connectivity index is 1.66. The number of benzene rings is 1. The lowest BCUT2D eigenvalue weighted by Gasteiger charge is -2.42. The summed E-state index contributed by atoms with van der Waals surface area (Å²) in [5, 5.41) is 38.3. The summed E-state index contributed by atoms with van der Waals surface area (Å²) in [6, 6.07) is 6.08. The summed E-state index contributed by atoms with van der Waals surface area (Å²) in [5.41, 5.74) is 0. The molecule has 10 nitrogen and oxygen atoms in total. The fourth-order valence-electron chi connectivity index (χ4n) is 3.78. The standard InChI is InChI=1S/C20H25ClN4O6S/c1-10(27)22-16-18(29)17(28)14(8-26)31-19(16)25-20(32)24(12-4-5-12)15(23-25)9-30-13-6-2-11(21)3-7-13/h2-3,6-7,12,14,16-19,26,28-29H,4-5,8-9H2,1H3,(H,22,27)/t14-,16-,17-,18-,19-/m0/s1. The van der Waals surface area contributed by atoms with Gasteiger partial charge >= 0.3 is 0 Å². The second-order valence-electron chi connectivity index (χ2n) is 7.94. The normalized spacial score (nSPS) is 27.8. The molecule has 0 spiro atoms. The van der Waals surface area contributed by atoms with Crippen LogP contribution in [0.5, 0.6) is 5.75 Å². The number of aliphatic hydroxyl groups excluding tert-OH is 3. The van der Waals surface area contributed by atoms with Gasteiger partial charge in [0.15, 0.2) is 12.1 Å². The molecular weight excluding hydrogens is 460 g/mol. The Hall–Kier alpha value is -2.02. The first-order chi connectivity index (χ1) is 15.3. The molecule has 1 aliphatic heterocycles. The molecule has 1 amide bonds. The van der Waals surface area contributed by atoms with Crippen molar-refractivity contribution in [1.82, 2.24) is 19.7 Å². The second kappa shape index (κ2) is 9.46. The number of halogens is 1. The first kappa shape index (κ1) is 23.1. The van der Waals surface area contributed by atoms with E-state index in [9.17, 15) is 20.1 Å². The van der Waals surface area contributed by atoms with E-state index in [1.807, 2.05) is 4.57 Å². The zero-order chi connectivity index (χ0) is 23.0. The molecular formula is C20H25ClN4O6S. The van der Waals surface area contributed by atoms with Gasteiger partial charge in [-0.3, -0.25) is 9.36 Å². The molecule has 32 heavy (non-hydrogen) atoms. The van der Waals surface area contributed by atoms with Crippen LogP contribution in [0, 0.1) is 4.77 Å². The van der Waals surface area contributed by atoms with Gasteiger partial charge in [-0.1, -0.05) is 11.6 Å². The number of carbonyl (C=O) groups is 1. The van der Waals surface area contributed by atoms with E-state index < -0.39 is 43.1 Å². The summed E-state index contributed by atoms with van der Waals surface area (Å²) in [6.45, 7) is 0.896. The smallest absolute Gasteiger partial charge is 0.217 e. The molecule has 2 aliphatic rings. The maximum atomic E-state index is 11.8. The zero-order valence-corrected chi connectivity index (χ0v) is 18.9. The van der Waals surface area contributed by atoms with E-state index in [4.69, 9.17) is 33.3 Å². The van der Waals surface area contributed by atoms with E-state index in [2.05, 4.69) is 10.4 Å². The number of amides is 1. The van der Waals surface area contributed by atoms with Crippen molar-refractivity contribution in [3.8, 4) is 5.75 Å². The van der Waals surface area contributed by atoms with E-state index in [-0.39, 0.29) is 12.6 Å². The monoisotopic (exact) mass is 484 g/mol. The maximum absolute atomic E-state index is 11.8. The van der Waals surface area contributed by atoms with Crippen molar-refractivity contribution in [2.45, 2.75) is 63.0 Å². The fourth-order valence-corrected chi connectivity index (χ4v) is 4.30. The first-order valence-corrected chi connectivity index (χ1v) is 11.1. The summed E-state index contributed by atoms with van der Waals surface area (Å²) in [6.07, 6.45) is -3.00. The predicted octanol–water partition coefficient (Wildman–Crippen LogP) is 1.10. The van der Waals surface area contributed by atoms with Crippen LogP contribution in [0.4, 0.5) is 0 Å². The SMILES string of the molecule is CC(=O)N[C@H]1[C@H](O)[C@@H](O)[C@H](CO)O[C@@H]1n1nc(COc2ccc(Cl)cc2)n(C2CC2)c1=S. The highest BCUT2D eigenvalue weighted by molar-refractivity contribution is 7.71. The molecule has 4 N–H and O–H groups in total. The molecule has 2 aromatic rings. The van der Waals surface area contributed by atoms with Gasteiger partial charge in [-0.2, -0.15) is 5.10 Å². The minimum absolute atomic E-state index is 0.126. The van der Waals surface area contributed by atoms with Gasteiger partial charge in [0.25, 0.3) is 0 Å². The topological polar surface area (TPSA) is 131 Å². The third-order valence-corrected chi connectivity index (χ3v) is 6.14. The summed E-state index contributed by atoms with van der Waals surface area (Å²) in [5.74, 6) is 0.747. The third kappa shape index (κ3) is 4.68. The van der Waals surface area contributed by atoms with E-state index in [1.165, 1.54) is 11.6 Å². The Kier molecular flexibility index (Phi) is 6.84. The number of aromatic nitrogens is 3. The highest BCUT2D eigenvalue weighted by atomic mass is 35.5. The van der Waals surface area contributed by atoms with E-state index in [0.717, 1.165) is 12.8 Å². The number of hydrogen-bond donors (Lipinski definition) is 4. The van der Waals surface area contributed by atoms with Gasteiger partial charge in [-0.05, 0) is 49.3 Å². The lowest BCUT2D eigenvalue weighted by molar-refractivity contribution is -0.219. The molecule has 12 heteroatoms. The van der Waals surface area contributed by atoms with Gasteiger partial charge in [0.2, 0.25) is 10.7 Å². The van der Waals surface area contributed by atoms with Crippen LogP contribution >= 0.6 is 23.8 Å². The molecule has 1 saturated carbocycles. The first-order valence-electron chi connectivity index (χ1n) is 10.3. The summed E-state index contributed by atoms with van der Waals surface area (Å²) in [7, 11) is 0. The third-order valence-electron chi connectivity index (χ3n) is 5.51. The Morgan fingerprint density at radius 3 is 2.59 bits per heavy atom. The summed E-state index contributed by atoms with van der Waals surface area (Å²) < 4.78 is 15.3. The van der Waals surface area contributed by atoms with E-state index >= 15 is 0 Å². The maximum Gasteiger partial charge on any atom is 0.217 e. The van der Waals surface area contributed by atoms with E-state index in [1.54, 1.807) is 24.3 Å². The average Bonchev–Trinajstić information content (AvgIpc) is 3.54.